The van der Waals surface area contributed by atoms with E-state index in [1.807, 2.05) is 12.1 Å². The van der Waals surface area contributed by atoms with Crippen LogP contribution in [0.25, 0.3) is 0 Å². The van der Waals surface area contributed by atoms with Gasteiger partial charge in [-0.05, 0) is 67.7 Å². The molecule has 0 radical (unpaired) electrons. The molecule has 0 bridgehead atoms. The molecule has 4 heterocycles. The summed E-state index contributed by atoms with van der Waals surface area (Å²) in [4.78, 5) is 137. The summed E-state index contributed by atoms with van der Waals surface area (Å²) in [7, 11) is 0. The van der Waals surface area contributed by atoms with E-state index >= 15 is 4.79 Å². The molecule has 3 aromatic carbocycles. The standard InChI is InChI=1S/C51H64N12O9/c1-30-43(65)59-37(25-31-13-4-2-5-14-31)48(70)62-24-12-21-40(62)50(72)61-23-11-20-39(61)46(68)57-35(19-10-22-55-51(53)54)44(66)60-38(26-32-15-6-3-7-16-32)49(71)63-29-34-18-9-8-17-33(34)27-41(63)47(69)58-36(28-42(52)64)45(67)56-30/h2-9,13-18,30,35-41H,10-12,19-29H2,1H3,(H2,52,64)(H,56,67)(H,57,68)(H,58,69)(H,59,65)(H,60,66)(H4,53,54,55)/t30-,35-,36-,37-,38-,39-,40+,41?/m0/s1. The van der Waals surface area contributed by atoms with E-state index in [2.05, 4.69) is 31.6 Å². The van der Waals surface area contributed by atoms with Crippen molar-refractivity contribution in [1.29, 1.82) is 0 Å². The van der Waals surface area contributed by atoms with E-state index < -0.39 is 108 Å². The molecule has 4 aliphatic heterocycles. The zero-order valence-electron chi connectivity index (χ0n) is 40.3. The molecular weight excluding hydrogens is 925 g/mol. The van der Waals surface area contributed by atoms with Crippen LogP contribution in [0.3, 0.4) is 0 Å². The lowest BCUT2D eigenvalue weighted by molar-refractivity contribution is -0.148. The first kappa shape index (κ1) is 52.0. The van der Waals surface area contributed by atoms with Gasteiger partial charge in [0.2, 0.25) is 53.2 Å². The summed E-state index contributed by atoms with van der Waals surface area (Å²) in [6.07, 6.45) is 1.03. The minimum Gasteiger partial charge on any atom is -0.370 e. The number of nitrogens with two attached hydrogens (primary N) is 3. The molecule has 4 aliphatic rings. The van der Waals surface area contributed by atoms with Gasteiger partial charge >= 0.3 is 0 Å². The topological polar surface area (TPSA) is 314 Å². The van der Waals surface area contributed by atoms with Crippen molar-refractivity contribution in [1.82, 2.24) is 41.3 Å². The lowest BCUT2D eigenvalue weighted by Crippen LogP contribution is -2.62. The monoisotopic (exact) mass is 988 g/mol. The molecule has 0 aliphatic carbocycles. The Labute approximate surface area is 417 Å². The predicted octanol–water partition coefficient (Wildman–Crippen LogP) is -1.21. The van der Waals surface area contributed by atoms with Crippen LogP contribution in [0.4, 0.5) is 0 Å². The number of nitrogens with one attached hydrogen (secondary N) is 5. The number of hydrogen-bond donors (Lipinski definition) is 8. The number of fused-ring (bicyclic) bond motifs is 4. The molecule has 382 valence electrons. The van der Waals surface area contributed by atoms with E-state index in [-0.39, 0.29) is 77.1 Å². The molecule has 11 N–H and O–H groups in total. The summed E-state index contributed by atoms with van der Waals surface area (Å²) in [5.41, 5.74) is 19.6. The van der Waals surface area contributed by atoms with E-state index in [9.17, 15) is 38.4 Å². The van der Waals surface area contributed by atoms with Gasteiger partial charge in [-0.1, -0.05) is 84.9 Å². The number of nitrogens with zero attached hydrogens (tertiary/aromatic N) is 4. The molecule has 3 saturated heterocycles. The second kappa shape index (κ2) is 23.8. The van der Waals surface area contributed by atoms with Crippen molar-refractivity contribution in [2.45, 2.75) is 126 Å². The Morgan fingerprint density at radius 2 is 1.06 bits per heavy atom. The van der Waals surface area contributed by atoms with Crippen LogP contribution in [0.15, 0.2) is 89.9 Å². The summed E-state index contributed by atoms with van der Waals surface area (Å²) in [5.74, 6) is -6.64. The number of amides is 9. The SMILES string of the molecule is C[C@@H]1NC(=O)[C@H](CC(N)=O)NC(=O)C2Cc3ccccc3CN2C(=O)[C@H](Cc2ccccc2)NC(=O)[C@H](CCCN=C(N)N)NC(=O)[C@@H]2CCCN2C(=O)[C@H]2CCCN2C(=O)[C@H](Cc2ccccc2)NC1=O. The van der Waals surface area contributed by atoms with E-state index in [0.29, 0.717) is 24.0 Å². The molecule has 0 spiro atoms. The van der Waals surface area contributed by atoms with E-state index in [1.165, 1.54) is 21.6 Å². The number of guanidine groups is 1. The lowest BCUT2D eigenvalue weighted by atomic mass is 9.91. The fraction of sp³-hybridized carbons (Fsp3) is 0.451. The van der Waals surface area contributed by atoms with Crippen LogP contribution < -0.4 is 43.8 Å². The van der Waals surface area contributed by atoms with Crippen molar-refractivity contribution < 1.29 is 43.2 Å². The smallest absolute Gasteiger partial charge is 0.246 e. The third-order valence-corrected chi connectivity index (χ3v) is 13.7. The van der Waals surface area contributed by atoms with Crippen molar-refractivity contribution in [3.63, 3.8) is 0 Å². The Bertz CT molecular complexity index is 2540. The number of benzene rings is 3. The summed E-state index contributed by atoms with van der Waals surface area (Å²) in [5, 5.41) is 13.7. The zero-order chi connectivity index (χ0) is 51.5. The Kier molecular flexibility index (Phi) is 17.2. The first-order valence-electron chi connectivity index (χ1n) is 24.5. The van der Waals surface area contributed by atoms with Crippen LogP contribution in [0.1, 0.15) is 74.1 Å². The Morgan fingerprint density at radius 1 is 0.556 bits per heavy atom. The van der Waals surface area contributed by atoms with Gasteiger partial charge in [0.25, 0.3) is 0 Å². The lowest BCUT2D eigenvalue weighted by Gasteiger charge is -2.39. The van der Waals surface area contributed by atoms with Crippen LogP contribution >= 0.6 is 0 Å². The summed E-state index contributed by atoms with van der Waals surface area (Å²) in [6, 6.07) is 15.0. The molecule has 72 heavy (non-hydrogen) atoms. The van der Waals surface area contributed by atoms with E-state index in [4.69, 9.17) is 17.2 Å². The molecule has 1 unspecified atom stereocenters. The van der Waals surface area contributed by atoms with Crippen LogP contribution in [0.5, 0.6) is 0 Å². The highest BCUT2D eigenvalue weighted by molar-refractivity contribution is 6.00. The molecule has 21 nitrogen and oxygen atoms in total. The number of rotatable bonds is 10. The maximum Gasteiger partial charge on any atom is 0.246 e. The summed E-state index contributed by atoms with van der Waals surface area (Å²) < 4.78 is 0. The first-order valence-corrected chi connectivity index (χ1v) is 24.5. The molecule has 3 aromatic rings. The number of aliphatic imine (C=N–C) groups is 1. The Morgan fingerprint density at radius 3 is 1.67 bits per heavy atom. The van der Waals surface area contributed by atoms with Crippen molar-refractivity contribution in [2.75, 3.05) is 19.6 Å². The van der Waals surface area contributed by atoms with E-state index in [0.717, 1.165) is 11.1 Å². The van der Waals surface area contributed by atoms with Crippen molar-refractivity contribution in [3.8, 4) is 0 Å². The van der Waals surface area contributed by atoms with Gasteiger partial charge in [-0.3, -0.25) is 48.1 Å². The minimum atomic E-state index is -1.61. The molecule has 9 amide bonds. The maximum atomic E-state index is 15.2. The fourth-order valence-corrected chi connectivity index (χ4v) is 9.94. The van der Waals surface area contributed by atoms with Gasteiger partial charge in [0.15, 0.2) is 5.96 Å². The highest BCUT2D eigenvalue weighted by Gasteiger charge is 2.45. The van der Waals surface area contributed by atoms with E-state index in [1.54, 1.807) is 72.8 Å². The molecule has 0 aromatic heterocycles. The van der Waals surface area contributed by atoms with Gasteiger partial charge in [-0.2, -0.15) is 0 Å². The Balaban J connectivity index is 1.28. The number of carbonyl (C=O) groups is 9. The summed E-state index contributed by atoms with van der Waals surface area (Å²) in [6.45, 7) is 1.80. The highest BCUT2D eigenvalue weighted by atomic mass is 16.2. The number of carbonyl (C=O) groups excluding carboxylic acids is 9. The third-order valence-electron chi connectivity index (χ3n) is 13.7. The largest absolute Gasteiger partial charge is 0.370 e. The van der Waals surface area contributed by atoms with Crippen molar-refractivity contribution in [2.24, 2.45) is 22.2 Å². The predicted molar refractivity (Wildman–Crippen MR) is 263 cm³/mol. The fourth-order valence-electron chi connectivity index (χ4n) is 9.94. The average Bonchev–Trinajstić information content (AvgIpc) is 4.07. The third kappa shape index (κ3) is 12.9. The second-order valence-corrected chi connectivity index (χ2v) is 18.8. The number of primary amides is 1. The van der Waals surface area contributed by atoms with Crippen LogP contribution in [0, 0.1) is 0 Å². The molecule has 8 atom stereocenters. The Hall–Kier alpha value is -7.84. The number of hydrogen-bond acceptors (Lipinski definition) is 10. The van der Waals surface area contributed by atoms with Gasteiger partial charge in [0, 0.05) is 45.4 Å². The van der Waals surface area contributed by atoms with Crippen LogP contribution in [0.2, 0.25) is 0 Å². The van der Waals surface area contributed by atoms with Crippen molar-refractivity contribution >= 4 is 59.1 Å². The first-order chi connectivity index (χ1) is 34.6. The summed E-state index contributed by atoms with van der Waals surface area (Å²) >= 11 is 0. The maximum absolute atomic E-state index is 15.2. The van der Waals surface area contributed by atoms with Gasteiger partial charge in [-0.25, -0.2) is 0 Å². The molecular formula is C51H64N12O9. The zero-order valence-corrected chi connectivity index (χ0v) is 40.3. The normalized spacial score (nSPS) is 25.8. The average molecular weight is 989 g/mol. The highest BCUT2D eigenvalue weighted by Crippen LogP contribution is 2.28. The quantitative estimate of drug-likeness (QED) is 0.0678. The van der Waals surface area contributed by atoms with Crippen LogP contribution in [-0.2, 0) is 69.0 Å². The molecule has 21 heteroatoms. The minimum absolute atomic E-state index is 0.0156. The molecule has 7 rings (SSSR count). The van der Waals surface area contributed by atoms with Gasteiger partial charge in [0.1, 0.15) is 48.3 Å². The molecule has 3 fully saturated rings. The van der Waals surface area contributed by atoms with Gasteiger partial charge < -0.3 is 58.5 Å². The van der Waals surface area contributed by atoms with Crippen LogP contribution in [-0.4, -0.2) is 142 Å². The van der Waals surface area contributed by atoms with Gasteiger partial charge in [0.05, 0.1) is 6.42 Å². The van der Waals surface area contributed by atoms with Gasteiger partial charge in [-0.15, -0.1) is 0 Å². The second-order valence-electron chi connectivity index (χ2n) is 18.8. The molecule has 0 saturated carbocycles. The van der Waals surface area contributed by atoms with Crippen molar-refractivity contribution in [3.05, 3.63) is 107 Å².